The van der Waals surface area contributed by atoms with Crippen molar-refractivity contribution >= 4 is 16.6 Å². The van der Waals surface area contributed by atoms with Crippen molar-refractivity contribution in [3.8, 4) is 5.75 Å². The summed E-state index contributed by atoms with van der Waals surface area (Å²) in [6.45, 7) is 1.79. The molecule has 1 aliphatic rings. The highest BCUT2D eigenvalue weighted by Crippen LogP contribution is 2.26. The first-order valence-corrected chi connectivity index (χ1v) is 8.89. The highest BCUT2D eigenvalue weighted by Gasteiger charge is 2.15. The zero-order valence-corrected chi connectivity index (χ0v) is 14.2. The van der Waals surface area contributed by atoms with Gasteiger partial charge in [-0.25, -0.2) is 0 Å². The molecule has 0 saturated heterocycles. The molecular weight excluding hydrogens is 308 g/mol. The number of aryl methyl sites for hydroxylation is 1. The van der Waals surface area contributed by atoms with Crippen LogP contribution in [0.4, 0.5) is 0 Å². The summed E-state index contributed by atoms with van der Waals surface area (Å²) >= 11 is 0. The van der Waals surface area contributed by atoms with Gasteiger partial charge in [0, 0.05) is 24.2 Å². The molecule has 0 amide bonds. The third-order valence-corrected chi connectivity index (χ3v) is 4.83. The molecule has 0 atom stereocenters. The molecule has 0 saturated carbocycles. The summed E-state index contributed by atoms with van der Waals surface area (Å²) in [5.41, 5.74) is 3.31. The molecule has 2 N–H and O–H groups in total. The van der Waals surface area contributed by atoms with E-state index in [9.17, 15) is 5.11 Å². The molecular formula is C22H22N2O. The molecule has 1 heterocycles. The van der Waals surface area contributed by atoms with Gasteiger partial charge in [-0.2, -0.15) is 0 Å². The minimum absolute atomic E-state index is 0.354. The van der Waals surface area contributed by atoms with E-state index in [4.69, 9.17) is 0 Å². The second-order valence-electron chi connectivity index (χ2n) is 6.45. The first-order valence-electron chi connectivity index (χ1n) is 8.89. The van der Waals surface area contributed by atoms with E-state index in [0.717, 1.165) is 49.3 Å². The van der Waals surface area contributed by atoms with Crippen LogP contribution in [0.1, 0.15) is 23.1 Å². The highest BCUT2D eigenvalue weighted by atomic mass is 16.3. The molecule has 0 radical (unpaired) electrons. The van der Waals surface area contributed by atoms with E-state index in [-0.39, 0.29) is 0 Å². The van der Waals surface area contributed by atoms with E-state index >= 15 is 0 Å². The van der Waals surface area contributed by atoms with E-state index in [1.807, 2.05) is 6.07 Å². The minimum Gasteiger partial charge on any atom is -0.508 e. The Bertz CT molecular complexity index is 925. The number of amidine groups is 1. The van der Waals surface area contributed by atoms with Crippen LogP contribution in [-0.4, -0.2) is 24.0 Å². The molecule has 0 aliphatic carbocycles. The first kappa shape index (κ1) is 15.7. The van der Waals surface area contributed by atoms with Crippen LogP contribution in [0.3, 0.4) is 0 Å². The number of hydrogen-bond acceptors (Lipinski definition) is 3. The average Bonchev–Trinajstić information content (AvgIpc) is 2.67. The van der Waals surface area contributed by atoms with Crippen molar-refractivity contribution in [2.75, 3.05) is 13.1 Å². The molecule has 0 spiro atoms. The molecule has 3 aromatic rings. The number of rotatable bonds is 4. The fraction of sp³-hybridized carbons (Fsp3) is 0.227. The number of phenols is 1. The zero-order chi connectivity index (χ0) is 17.1. The topological polar surface area (TPSA) is 44.6 Å². The van der Waals surface area contributed by atoms with Crippen molar-refractivity contribution < 1.29 is 5.11 Å². The van der Waals surface area contributed by atoms with Crippen molar-refractivity contribution in [1.29, 1.82) is 0 Å². The Kier molecular flexibility index (Phi) is 4.38. The quantitative estimate of drug-likeness (QED) is 0.757. The summed E-state index contributed by atoms with van der Waals surface area (Å²) in [5.74, 6) is 1.27. The molecule has 0 aromatic heterocycles. The molecule has 0 fully saturated rings. The third kappa shape index (κ3) is 3.22. The Balaban J connectivity index is 1.66. The fourth-order valence-electron chi connectivity index (χ4n) is 3.54. The molecule has 4 rings (SSSR count). The van der Waals surface area contributed by atoms with Gasteiger partial charge in [0.1, 0.15) is 11.6 Å². The van der Waals surface area contributed by atoms with Gasteiger partial charge in [-0.1, -0.05) is 54.6 Å². The molecule has 0 bridgehead atoms. The minimum atomic E-state index is 0.354. The number of aromatic hydroxyl groups is 1. The maximum Gasteiger partial charge on any atom is 0.128 e. The predicted octanol–water partition coefficient (Wildman–Crippen LogP) is 4.07. The van der Waals surface area contributed by atoms with Crippen LogP contribution >= 0.6 is 0 Å². The smallest absolute Gasteiger partial charge is 0.128 e. The number of fused-ring (bicyclic) bond motifs is 1. The summed E-state index contributed by atoms with van der Waals surface area (Å²) in [4.78, 5) is 4.60. The Labute approximate surface area is 148 Å². The summed E-state index contributed by atoms with van der Waals surface area (Å²) in [6, 6.07) is 20.6. The van der Waals surface area contributed by atoms with Gasteiger partial charge >= 0.3 is 0 Å². The van der Waals surface area contributed by atoms with E-state index in [1.165, 1.54) is 16.3 Å². The zero-order valence-electron chi connectivity index (χ0n) is 14.2. The summed E-state index contributed by atoms with van der Waals surface area (Å²) in [5, 5.41) is 16.3. The van der Waals surface area contributed by atoms with Crippen LogP contribution in [0.5, 0.6) is 5.75 Å². The van der Waals surface area contributed by atoms with Crippen LogP contribution in [0.25, 0.3) is 10.8 Å². The van der Waals surface area contributed by atoms with E-state index in [2.05, 4.69) is 58.8 Å². The average molecular weight is 330 g/mol. The van der Waals surface area contributed by atoms with Crippen molar-refractivity contribution in [1.82, 2.24) is 5.32 Å². The van der Waals surface area contributed by atoms with Crippen LogP contribution in [0, 0.1) is 0 Å². The van der Waals surface area contributed by atoms with Gasteiger partial charge in [0.05, 0.1) is 0 Å². The summed E-state index contributed by atoms with van der Waals surface area (Å²) in [7, 11) is 0. The Morgan fingerprint density at radius 3 is 2.64 bits per heavy atom. The molecule has 3 nitrogen and oxygen atoms in total. The highest BCUT2D eigenvalue weighted by molar-refractivity contribution is 6.01. The normalized spacial score (nSPS) is 14.2. The number of benzene rings is 3. The van der Waals surface area contributed by atoms with Crippen molar-refractivity contribution in [2.45, 2.75) is 19.3 Å². The Hall–Kier alpha value is -2.81. The lowest BCUT2D eigenvalue weighted by molar-refractivity contribution is 0.467. The van der Waals surface area contributed by atoms with Crippen molar-refractivity contribution in [3.63, 3.8) is 0 Å². The molecule has 126 valence electrons. The summed E-state index contributed by atoms with van der Waals surface area (Å²) < 4.78 is 0. The van der Waals surface area contributed by atoms with Crippen LogP contribution in [0.15, 0.2) is 65.7 Å². The number of aliphatic imine (C=N–C) groups is 1. The number of hydrogen-bond donors (Lipinski definition) is 2. The van der Waals surface area contributed by atoms with Gasteiger partial charge in [0.2, 0.25) is 0 Å². The standard InChI is InChI=1S/C22H22N2O/c25-21-11-4-10-20(22-23-14-5-15-24-22)19(21)13-12-17-8-3-7-16-6-1-2-9-18(16)17/h1-4,6-11,25H,5,12-15H2,(H,23,24). The van der Waals surface area contributed by atoms with Crippen LogP contribution in [-0.2, 0) is 12.8 Å². The van der Waals surface area contributed by atoms with E-state index < -0.39 is 0 Å². The van der Waals surface area contributed by atoms with E-state index in [0.29, 0.717) is 5.75 Å². The molecule has 0 unspecified atom stereocenters. The first-order chi connectivity index (χ1) is 12.3. The molecule has 25 heavy (non-hydrogen) atoms. The van der Waals surface area contributed by atoms with Gasteiger partial charge in [-0.05, 0) is 41.7 Å². The molecule has 1 aliphatic heterocycles. The van der Waals surface area contributed by atoms with Gasteiger partial charge in [0.25, 0.3) is 0 Å². The monoisotopic (exact) mass is 330 g/mol. The Morgan fingerprint density at radius 2 is 1.76 bits per heavy atom. The van der Waals surface area contributed by atoms with Gasteiger partial charge in [-0.15, -0.1) is 0 Å². The lowest BCUT2D eigenvalue weighted by Gasteiger charge is -2.18. The van der Waals surface area contributed by atoms with Gasteiger partial charge < -0.3 is 10.4 Å². The molecule has 3 heteroatoms. The largest absolute Gasteiger partial charge is 0.508 e. The predicted molar refractivity (Wildman–Crippen MR) is 103 cm³/mol. The second-order valence-corrected chi connectivity index (χ2v) is 6.45. The number of nitrogens with zero attached hydrogens (tertiary/aromatic N) is 1. The lowest BCUT2D eigenvalue weighted by atomic mass is 9.95. The van der Waals surface area contributed by atoms with Crippen molar-refractivity contribution in [3.05, 3.63) is 77.4 Å². The maximum atomic E-state index is 10.4. The van der Waals surface area contributed by atoms with Crippen LogP contribution in [0.2, 0.25) is 0 Å². The van der Waals surface area contributed by atoms with Crippen molar-refractivity contribution in [2.24, 2.45) is 4.99 Å². The third-order valence-electron chi connectivity index (χ3n) is 4.83. The van der Waals surface area contributed by atoms with Gasteiger partial charge in [0.15, 0.2) is 0 Å². The maximum absolute atomic E-state index is 10.4. The summed E-state index contributed by atoms with van der Waals surface area (Å²) in [6.07, 6.45) is 2.74. The SMILES string of the molecule is Oc1cccc(C2=NCCCN2)c1CCc1cccc2ccccc12. The number of nitrogens with one attached hydrogen (secondary N) is 1. The Morgan fingerprint density at radius 1 is 0.920 bits per heavy atom. The fourth-order valence-corrected chi connectivity index (χ4v) is 3.54. The number of phenolic OH excluding ortho intramolecular Hbond substituents is 1. The second kappa shape index (κ2) is 6.98. The lowest BCUT2D eigenvalue weighted by Crippen LogP contribution is -2.31. The van der Waals surface area contributed by atoms with E-state index in [1.54, 1.807) is 6.07 Å². The van der Waals surface area contributed by atoms with Crippen LogP contribution < -0.4 is 5.32 Å². The molecule has 3 aromatic carbocycles. The van der Waals surface area contributed by atoms with Gasteiger partial charge in [-0.3, -0.25) is 4.99 Å².